The van der Waals surface area contributed by atoms with Gasteiger partial charge in [0.25, 0.3) is 5.91 Å². The zero-order chi connectivity index (χ0) is 14.3. The molecule has 1 amide bonds. The number of carbonyl (C=O) groups is 1. The third-order valence-electron chi connectivity index (χ3n) is 4.43. The maximum absolute atomic E-state index is 13.1. The molecule has 0 saturated heterocycles. The zero-order valence-electron chi connectivity index (χ0n) is 11.7. The Hall–Kier alpha value is -1.72. The van der Waals surface area contributed by atoms with Gasteiger partial charge in [0.2, 0.25) is 0 Å². The molecule has 0 N–H and O–H groups in total. The van der Waals surface area contributed by atoms with Gasteiger partial charge in [-0.25, -0.2) is 4.39 Å². The minimum atomic E-state index is -0.916. The molecule has 2 heterocycles. The normalized spacial score (nSPS) is 22.9. The zero-order valence-corrected chi connectivity index (χ0v) is 11.7. The maximum Gasteiger partial charge on any atom is 0.282 e. The van der Waals surface area contributed by atoms with E-state index < -0.39 is 11.7 Å². The summed E-state index contributed by atoms with van der Waals surface area (Å²) in [5.74, 6) is 0.722. The fraction of sp³-hybridized carbons (Fsp3) is 0.643. The topological polar surface area (TPSA) is 51.0 Å². The molecule has 0 spiro atoms. The smallest absolute Gasteiger partial charge is 0.282 e. The molecule has 1 aliphatic heterocycles. The van der Waals surface area contributed by atoms with Crippen LogP contribution in [0.3, 0.4) is 0 Å². The Morgan fingerprint density at radius 2 is 1.90 bits per heavy atom. The highest BCUT2D eigenvalue weighted by Gasteiger charge is 2.34. The Balaban J connectivity index is 1.87. The number of fused-ring (bicyclic) bond motifs is 1. The fourth-order valence-corrected chi connectivity index (χ4v) is 3.33. The average molecular weight is 278 g/mol. The van der Waals surface area contributed by atoms with Gasteiger partial charge in [0.1, 0.15) is 5.82 Å². The lowest BCUT2D eigenvalue weighted by Crippen LogP contribution is -2.41. The van der Waals surface area contributed by atoms with Crippen molar-refractivity contribution in [2.75, 3.05) is 6.54 Å². The summed E-state index contributed by atoms with van der Waals surface area (Å²) in [5.41, 5.74) is 0. The maximum atomic E-state index is 13.1. The Kier molecular flexibility index (Phi) is 3.31. The van der Waals surface area contributed by atoms with Crippen molar-refractivity contribution in [2.24, 2.45) is 0 Å². The first kappa shape index (κ1) is 13.3. The molecule has 0 bridgehead atoms. The number of carbonyl (C=O) groups excluding carboxylic acids is 1. The van der Waals surface area contributed by atoms with Crippen LogP contribution in [0.2, 0.25) is 0 Å². The number of aromatic nitrogens is 3. The lowest BCUT2D eigenvalue weighted by atomic mass is 10.1. The predicted molar refractivity (Wildman–Crippen MR) is 71.6 cm³/mol. The van der Waals surface area contributed by atoms with Gasteiger partial charge in [-0.15, -0.1) is 10.2 Å². The van der Waals surface area contributed by atoms with Crippen molar-refractivity contribution in [1.29, 1.82) is 0 Å². The van der Waals surface area contributed by atoms with Gasteiger partial charge in [0, 0.05) is 19.0 Å². The highest BCUT2D eigenvalue weighted by atomic mass is 19.1. The lowest BCUT2D eigenvalue weighted by Gasteiger charge is -2.33. The number of amides is 1. The molecule has 1 aromatic rings. The van der Waals surface area contributed by atoms with Crippen LogP contribution in [0.4, 0.5) is 4.39 Å². The Labute approximate surface area is 117 Å². The number of nitrogens with zero attached hydrogens (tertiary/aromatic N) is 4. The summed E-state index contributed by atoms with van der Waals surface area (Å²) in [6.45, 7) is 6.06. The molecule has 5 nitrogen and oxygen atoms in total. The van der Waals surface area contributed by atoms with E-state index in [-0.39, 0.29) is 6.04 Å². The summed E-state index contributed by atoms with van der Waals surface area (Å²) < 4.78 is 15.2. The number of rotatable bonds is 2. The summed E-state index contributed by atoms with van der Waals surface area (Å²) in [5, 5.41) is 8.57. The van der Waals surface area contributed by atoms with Crippen LogP contribution < -0.4 is 0 Å². The second-order valence-electron chi connectivity index (χ2n) is 5.63. The van der Waals surface area contributed by atoms with Crippen molar-refractivity contribution in [3.8, 4) is 0 Å². The summed E-state index contributed by atoms with van der Waals surface area (Å²) in [7, 11) is 0. The molecule has 1 aliphatic carbocycles. The van der Waals surface area contributed by atoms with E-state index in [1.807, 2.05) is 6.92 Å². The molecule has 108 valence electrons. The standard InChI is InChI=1S/C14H19FN4O/c1-9(15)14(20)18-7-8-19-12(10(18)2)16-17-13(19)11-5-3-4-6-11/h10-11H,1,3-8H2,2H3. The van der Waals surface area contributed by atoms with E-state index in [1.54, 1.807) is 0 Å². The number of hydrogen-bond donors (Lipinski definition) is 0. The quantitative estimate of drug-likeness (QED) is 0.780. The molecule has 20 heavy (non-hydrogen) atoms. The SMILES string of the molecule is C=C(F)C(=O)N1CCn2c(C3CCCC3)nnc2C1C. The number of hydrogen-bond acceptors (Lipinski definition) is 3. The summed E-state index contributed by atoms with van der Waals surface area (Å²) >= 11 is 0. The molecule has 3 rings (SSSR count). The summed E-state index contributed by atoms with van der Waals surface area (Å²) in [6.07, 6.45) is 4.82. The van der Waals surface area contributed by atoms with Gasteiger partial charge in [-0.2, -0.15) is 0 Å². The molecule has 0 aromatic carbocycles. The van der Waals surface area contributed by atoms with Gasteiger partial charge in [-0.05, 0) is 19.8 Å². The average Bonchev–Trinajstić information content (AvgIpc) is 3.06. The van der Waals surface area contributed by atoms with Crippen LogP contribution in [-0.4, -0.2) is 32.1 Å². The lowest BCUT2D eigenvalue weighted by molar-refractivity contribution is -0.131. The van der Waals surface area contributed by atoms with Crippen molar-refractivity contribution in [3.63, 3.8) is 0 Å². The van der Waals surface area contributed by atoms with Crippen LogP contribution in [0, 0.1) is 0 Å². The molecule has 1 unspecified atom stereocenters. The van der Waals surface area contributed by atoms with Crippen LogP contribution >= 0.6 is 0 Å². The first-order valence-electron chi connectivity index (χ1n) is 7.18. The van der Waals surface area contributed by atoms with Crippen LogP contribution in [0.1, 0.15) is 56.2 Å². The third kappa shape index (κ3) is 2.03. The van der Waals surface area contributed by atoms with Crippen molar-refractivity contribution in [2.45, 2.75) is 51.1 Å². The van der Waals surface area contributed by atoms with Gasteiger partial charge in [-0.3, -0.25) is 4.79 Å². The predicted octanol–water partition coefficient (Wildman–Crippen LogP) is 2.32. The first-order valence-corrected chi connectivity index (χ1v) is 7.18. The van der Waals surface area contributed by atoms with Crippen molar-refractivity contribution in [1.82, 2.24) is 19.7 Å². The third-order valence-corrected chi connectivity index (χ3v) is 4.43. The van der Waals surface area contributed by atoms with E-state index in [9.17, 15) is 9.18 Å². The highest BCUT2D eigenvalue weighted by molar-refractivity contribution is 5.90. The van der Waals surface area contributed by atoms with Crippen molar-refractivity contribution >= 4 is 5.91 Å². The molecule has 1 fully saturated rings. The Bertz CT molecular complexity index is 547. The van der Waals surface area contributed by atoms with Crippen LogP contribution in [0.25, 0.3) is 0 Å². The van der Waals surface area contributed by atoms with E-state index >= 15 is 0 Å². The molecule has 1 saturated carbocycles. The van der Waals surface area contributed by atoms with Crippen LogP contribution in [0.15, 0.2) is 12.4 Å². The van der Waals surface area contributed by atoms with E-state index in [2.05, 4.69) is 21.3 Å². The van der Waals surface area contributed by atoms with Crippen molar-refractivity contribution < 1.29 is 9.18 Å². The first-order chi connectivity index (χ1) is 9.59. The minimum absolute atomic E-state index is 0.258. The van der Waals surface area contributed by atoms with Crippen LogP contribution in [-0.2, 0) is 11.3 Å². The Morgan fingerprint density at radius 3 is 2.55 bits per heavy atom. The molecular formula is C14H19FN4O. The van der Waals surface area contributed by atoms with Crippen LogP contribution in [0.5, 0.6) is 0 Å². The van der Waals surface area contributed by atoms with Gasteiger partial charge >= 0.3 is 0 Å². The van der Waals surface area contributed by atoms with Gasteiger partial charge < -0.3 is 9.47 Å². The van der Waals surface area contributed by atoms with Gasteiger partial charge in [0.05, 0.1) is 6.04 Å². The van der Waals surface area contributed by atoms with Gasteiger partial charge in [0.15, 0.2) is 11.7 Å². The molecule has 0 radical (unpaired) electrons. The second-order valence-corrected chi connectivity index (χ2v) is 5.63. The minimum Gasteiger partial charge on any atom is -0.325 e. The number of halogens is 1. The highest BCUT2D eigenvalue weighted by Crippen LogP contribution is 2.35. The molecule has 2 aliphatic rings. The summed E-state index contributed by atoms with van der Waals surface area (Å²) in [6, 6.07) is -0.258. The van der Waals surface area contributed by atoms with E-state index in [0.29, 0.717) is 19.0 Å². The molecule has 1 atom stereocenters. The Morgan fingerprint density at radius 1 is 1.25 bits per heavy atom. The van der Waals surface area contributed by atoms with Gasteiger partial charge in [-0.1, -0.05) is 19.4 Å². The van der Waals surface area contributed by atoms with Crippen molar-refractivity contribution in [3.05, 3.63) is 24.1 Å². The summed E-state index contributed by atoms with van der Waals surface area (Å²) in [4.78, 5) is 13.3. The van der Waals surface area contributed by atoms with E-state index in [4.69, 9.17) is 0 Å². The molecule has 1 aromatic heterocycles. The fourth-order valence-electron chi connectivity index (χ4n) is 3.33. The van der Waals surface area contributed by atoms with E-state index in [1.165, 1.54) is 17.7 Å². The molecule has 6 heteroatoms. The molecular weight excluding hydrogens is 259 g/mol. The second kappa shape index (κ2) is 5.00. The monoisotopic (exact) mass is 278 g/mol. The van der Waals surface area contributed by atoms with E-state index in [0.717, 1.165) is 24.5 Å². The largest absolute Gasteiger partial charge is 0.325 e.